The lowest BCUT2D eigenvalue weighted by Gasteiger charge is -2.58. The summed E-state index contributed by atoms with van der Waals surface area (Å²) in [5, 5.41) is 13.1. The van der Waals surface area contributed by atoms with Gasteiger partial charge in [-0.25, -0.2) is 0 Å². The number of quaternary nitrogens is 1. The van der Waals surface area contributed by atoms with Crippen LogP contribution in [0.3, 0.4) is 0 Å². The number of pyridine rings is 2. The Morgan fingerprint density at radius 2 is 1.75 bits per heavy atom. The van der Waals surface area contributed by atoms with Crippen molar-refractivity contribution in [1.29, 1.82) is 0 Å². The van der Waals surface area contributed by atoms with Gasteiger partial charge in [-0.1, -0.05) is 42.5 Å². The number of ether oxygens (including phenoxy) is 3. The van der Waals surface area contributed by atoms with E-state index in [4.69, 9.17) is 14.2 Å². The Hall–Kier alpha value is -5.10. The van der Waals surface area contributed by atoms with Crippen molar-refractivity contribution in [3.63, 3.8) is 0 Å². The molecule has 2 bridgehead atoms. The number of aryl methyl sites for hydroxylation is 1. The Balaban J connectivity index is 0.000000175. The van der Waals surface area contributed by atoms with Crippen molar-refractivity contribution < 1.29 is 28.0 Å². The van der Waals surface area contributed by atoms with Crippen molar-refractivity contribution in [2.24, 2.45) is 11.8 Å². The third-order valence-corrected chi connectivity index (χ3v) is 12.6. The number of aromatic nitrogens is 4. The summed E-state index contributed by atoms with van der Waals surface area (Å²) in [5.74, 6) is 3.64. The number of benzene rings is 3. The van der Waals surface area contributed by atoms with E-state index >= 15 is 0 Å². The highest BCUT2D eigenvalue weighted by atomic mass is 32.2. The van der Waals surface area contributed by atoms with Crippen molar-refractivity contribution in [2.75, 3.05) is 34.4 Å². The lowest BCUT2D eigenvalue weighted by atomic mass is 9.71. The summed E-state index contributed by atoms with van der Waals surface area (Å²) in [4.78, 5) is 17.6. The number of imidazole rings is 1. The van der Waals surface area contributed by atoms with Gasteiger partial charge in [0.2, 0.25) is 0 Å². The van der Waals surface area contributed by atoms with Gasteiger partial charge in [0.1, 0.15) is 35.9 Å². The minimum atomic E-state index is -1.38. The van der Waals surface area contributed by atoms with Crippen molar-refractivity contribution in [1.82, 2.24) is 19.9 Å². The normalized spacial score (nSPS) is 21.4. The summed E-state index contributed by atoms with van der Waals surface area (Å²) in [6.07, 6.45) is 7.38. The van der Waals surface area contributed by atoms with Gasteiger partial charge >= 0.3 is 0 Å². The monoisotopic (exact) mass is 759 g/mol. The zero-order valence-corrected chi connectivity index (χ0v) is 33.0. The first-order valence-electron chi connectivity index (χ1n) is 18.7. The molecule has 9 rings (SSSR count). The lowest BCUT2D eigenvalue weighted by molar-refractivity contribution is -0.984. The third-order valence-electron chi connectivity index (χ3n) is 11.5. The summed E-state index contributed by atoms with van der Waals surface area (Å²) in [5.41, 5.74) is 7.13. The minimum Gasteiger partial charge on any atom is -0.497 e. The molecular weight excluding hydrogens is 711 g/mol. The van der Waals surface area contributed by atoms with Crippen LogP contribution in [0, 0.1) is 25.7 Å². The van der Waals surface area contributed by atoms with Gasteiger partial charge in [0.05, 0.1) is 62.2 Å². The first-order valence-corrected chi connectivity index (χ1v) is 20.0. The number of aliphatic hydroxyl groups is 1. The van der Waals surface area contributed by atoms with E-state index in [1.54, 1.807) is 45.7 Å². The number of nitrogens with zero attached hydrogens (tertiary/aromatic N) is 5. The van der Waals surface area contributed by atoms with E-state index in [-0.39, 0.29) is 11.8 Å². The van der Waals surface area contributed by atoms with Gasteiger partial charge in [-0.3, -0.25) is 14.2 Å². The summed E-state index contributed by atoms with van der Waals surface area (Å²) in [6, 6.07) is 24.2. The molecule has 3 aliphatic heterocycles. The lowest BCUT2D eigenvalue weighted by Crippen LogP contribution is -2.67. The molecule has 6 heterocycles. The van der Waals surface area contributed by atoms with Gasteiger partial charge in [0, 0.05) is 58.4 Å². The topological polar surface area (TPSA) is 118 Å². The smallest absolute Gasteiger partial charge is 0.131 e. The molecule has 6 atom stereocenters. The van der Waals surface area contributed by atoms with E-state index in [1.807, 2.05) is 44.3 Å². The van der Waals surface area contributed by atoms with Crippen molar-refractivity contribution in [3.05, 3.63) is 126 Å². The number of hydrogen-bond donors (Lipinski definition) is 1. The minimum absolute atomic E-state index is 0.159. The standard InChI is InChI=1S/C27H31N2O2.C17H18N3O3S/c1-3-20-18-29(17-19-7-5-4-6-8-19)14-12-21(20)15-26(29)27(30)23-11-13-28-25-10-9-22(31-2)16-24(23)25;1-10-8-18-15(11(2)16(10)23-4)9-24(21)17-19-13-6-5-12(22-3)7-14(13)20-17/h3-11,13,16,20-21,26-27,30H,1,12,14-15,17-18H2,2H3;5-8H,9H2,1-4H3/q+1;-1/t20?,21?,26-,27-,29?;/m0./s1. The second kappa shape index (κ2) is 16.3. The molecule has 286 valence electrons. The number of hydrogen-bond acceptors (Lipinski definition) is 8. The Bertz CT molecular complexity index is 2330. The van der Waals surface area contributed by atoms with Gasteiger partial charge in [-0.05, 0) is 72.8 Å². The maximum atomic E-state index is 12.6. The Morgan fingerprint density at radius 3 is 2.49 bits per heavy atom. The second-order valence-corrected chi connectivity index (χ2v) is 16.0. The quantitative estimate of drug-likeness (QED) is 0.106. The molecule has 0 saturated carbocycles. The van der Waals surface area contributed by atoms with Crippen LogP contribution in [-0.2, 0) is 23.1 Å². The molecule has 11 heteroatoms. The Kier molecular flexibility index (Phi) is 11.3. The first kappa shape index (κ1) is 38.2. The van der Waals surface area contributed by atoms with Crippen molar-refractivity contribution in [2.45, 2.75) is 56.3 Å². The molecule has 10 nitrogen and oxygen atoms in total. The molecular formula is C44H49N5O5S. The molecule has 0 aliphatic carbocycles. The molecule has 3 saturated heterocycles. The summed E-state index contributed by atoms with van der Waals surface area (Å²) >= 11 is 0. The number of piperidine rings is 3. The molecule has 3 aromatic heterocycles. The zero-order chi connectivity index (χ0) is 38.7. The van der Waals surface area contributed by atoms with Gasteiger partial charge in [-0.2, -0.15) is 0 Å². The number of fused-ring (bicyclic) bond motifs is 5. The maximum Gasteiger partial charge on any atom is 0.131 e. The van der Waals surface area contributed by atoms with Crippen LogP contribution in [0.1, 0.15) is 46.9 Å². The zero-order valence-electron chi connectivity index (χ0n) is 32.1. The van der Waals surface area contributed by atoms with Gasteiger partial charge in [0.25, 0.3) is 0 Å². The summed E-state index contributed by atoms with van der Waals surface area (Å²) in [6.45, 7) is 11.1. The van der Waals surface area contributed by atoms with Crippen LogP contribution in [0.4, 0.5) is 0 Å². The van der Waals surface area contributed by atoms with Gasteiger partial charge < -0.3 is 33.8 Å². The Labute approximate surface area is 325 Å². The van der Waals surface area contributed by atoms with Crippen LogP contribution in [0.2, 0.25) is 0 Å². The van der Waals surface area contributed by atoms with E-state index in [9.17, 15) is 9.32 Å². The maximum absolute atomic E-state index is 12.6. The molecule has 1 N–H and O–H groups in total. The summed E-state index contributed by atoms with van der Waals surface area (Å²) < 4.78 is 29.6. The largest absolute Gasteiger partial charge is 0.497 e. The fraction of sp³-hybridized carbons (Fsp3) is 0.341. The molecule has 0 radical (unpaired) electrons. The highest BCUT2D eigenvalue weighted by molar-refractivity contribution is 7.84. The van der Waals surface area contributed by atoms with Crippen LogP contribution in [0.5, 0.6) is 17.2 Å². The molecule has 3 aromatic carbocycles. The van der Waals surface area contributed by atoms with Crippen LogP contribution in [0.15, 0.2) is 103 Å². The van der Waals surface area contributed by atoms with E-state index < -0.39 is 16.9 Å². The summed E-state index contributed by atoms with van der Waals surface area (Å²) in [7, 11) is 3.51. The fourth-order valence-electron chi connectivity index (χ4n) is 8.62. The van der Waals surface area contributed by atoms with Gasteiger partial charge in [-0.15, -0.1) is 6.58 Å². The van der Waals surface area contributed by atoms with E-state index in [0.29, 0.717) is 33.8 Å². The SMILES string of the molecule is C=CC1C[N+]2(Cc3ccccc3)CCC1C[C@H]2[C@@H](O)c1ccnc2ccc(OC)cc12.COc1ccc2[n-]c(S(=O)Cc3ncc(C)c(OC)c3C)nc2c1. The highest BCUT2D eigenvalue weighted by Gasteiger charge is 2.54. The van der Waals surface area contributed by atoms with Crippen molar-refractivity contribution >= 4 is 32.7 Å². The molecule has 55 heavy (non-hydrogen) atoms. The van der Waals surface area contributed by atoms with E-state index in [0.717, 1.165) is 75.3 Å². The van der Waals surface area contributed by atoms with Crippen molar-refractivity contribution in [3.8, 4) is 17.2 Å². The predicted octanol–water partition coefficient (Wildman–Crippen LogP) is 7.42. The average Bonchev–Trinajstić information content (AvgIpc) is 3.66. The molecule has 4 unspecified atom stereocenters. The molecule has 0 spiro atoms. The molecule has 0 amide bonds. The van der Waals surface area contributed by atoms with Crippen LogP contribution in [-0.4, -0.2) is 69.2 Å². The van der Waals surface area contributed by atoms with Crippen LogP contribution >= 0.6 is 0 Å². The Morgan fingerprint density at radius 1 is 0.982 bits per heavy atom. The molecule has 6 aromatic rings. The highest BCUT2D eigenvalue weighted by Crippen LogP contribution is 2.48. The number of aliphatic hydroxyl groups excluding tert-OH is 1. The molecule has 3 fully saturated rings. The first-order chi connectivity index (χ1) is 26.7. The molecule has 3 aliphatic rings. The third kappa shape index (κ3) is 7.74. The van der Waals surface area contributed by atoms with E-state index in [2.05, 4.69) is 62.9 Å². The van der Waals surface area contributed by atoms with E-state index in [1.165, 1.54) is 12.0 Å². The van der Waals surface area contributed by atoms with Gasteiger partial charge in [0.15, 0.2) is 0 Å². The fourth-order valence-corrected chi connectivity index (χ4v) is 9.69. The van der Waals surface area contributed by atoms with Crippen LogP contribution < -0.4 is 19.2 Å². The predicted molar refractivity (Wildman–Crippen MR) is 216 cm³/mol. The number of rotatable bonds is 11. The second-order valence-electron chi connectivity index (χ2n) is 14.6. The number of methoxy groups -OCH3 is 3. The average molecular weight is 760 g/mol. The van der Waals surface area contributed by atoms with Crippen LogP contribution in [0.25, 0.3) is 21.9 Å².